The Morgan fingerprint density at radius 1 is 1.33 bits per heavy atom. The Bertz CT molecular complexity index is 960. The first-order valence-electron chi connectivity index (χ1n) is 7.74. The number of hydrogen-bond acceptors (Lipinski definition) is 6. The van der Waals surface area contributed by atoms with Crippen LogP contribution in [0.2, 0.25) is 0 Å². The van der Waals surface area contributed by atoms with Gasteiger partial charge in [0.2, 0.25) is 5.91 Å². The van der Waals surface area contributed by atoms with E-state index in [0.29, 0.717) is 16.0 Å². The number of hydrogen-bond donors (Lipinski definition) is 1. The van der Waals surface area contributed by atoms with Gasteiger partial charge in [-0.1, -0.05) is 0 Å². The summed E-state index contributed by atoms with van der Waals surface area (Å²) in [6, 6.07) is 7.33. The summed E-state index contributed by atoms with van der Waals surface area (Å²) in [5, 5.41) is 9.07. The molecule has 0 unspecified atom stereocenters. The smallest absolute Gasteiger partial charge is 0.369 e. The highest BCUT2D eigenvalue weighted by atomic mass is 32.1. The van der Waals surface area contributed by atoms with Crippen LogP contribution >= 0.6 is 11.3 Å². The van der Waals surface area contributed by atoms with E-state index in [2.05, 4.69) is 9.98 Å². The van der Waals surface area contributed by atoms with Crippen LogP contribution in [0.15, 0.2) is 35.5 Å². The first kappa shape index (κ1) is 18.8. The number of nitriles is 1. The molecule has 1 aliphatic rings. The zero-order chi connectivity index (χ0) is 20.0. The highest BCUT2D eigenvalue weighted by Crippen LogP contribution is 2.45. The average Bonchev–Trinajstić information content (AvgIpc) is 3.09. The molecule has 0 aliphatic carbocycles. The number of aliphatic imine (C=N–C) groups is 1. The molecule has 0 spiro atoms. The first-order valence-corrected chi connectivity index (χ1v) is 8.56. The van der Waals surface area contributed by atoms with E-state index in [1.54, 1.807) is 19.1 Å². The summed E-state index contributed by atoms with van der Waals surface area (Å²) in [6.07, 6.45) is -3.83. The number of thiophene rings is 1. The Hall–Kier alpha value is -2.93. The predicted molar refractivity (Wildman–Crippen MR) is 92.8 cm³/mol. The highest BCUT2D eigenvalue weighted by molar-refractivity contribution is 7.12. The van der Waals surface area contributed by atoms with Gasteiger partial charge in [-0.05, 0) is 31.2 Å². The van der Waals surface area contributed by atoms with Gasteiger partial charge >= 0.3 is 6.18 Å². The fraction of sp³-hybridized carbons (Fsp3) is 0.294. The molecule has 2 aromatic rings. The van der Waals surface area contributed by atoms with E-state index in [9.17, 15) is 18.0 Å². The number of likely N-dealkylation sites (N-methyl/N-ethyl adjacent to an activating group) is 1. The number of pyridine rings is 1. The van der Waals surface area contributed by atoms with Crippen LogP contribution in [0.25, 0.3) is 0 Å². The van der Waals surface area contributed by atoms with Gasteiger partial charge in [0.25, 0.3) is 0 Å². The van der Waals surface area contributed by atoms with E-state index >= 15 is 0 Å². The molecule has 0 radical (unpaired) electrons. The van der Waals surface area contributed by atoms with Crippen molar-refractivity contribution in [2.45, 2.75) is 24.6 Å². The molecule has 1 aliphatic heterocycles. The van der Waals surface area contributed by atoms with Crippen molar-refractivity contribution < 1.29 is 18.0 Å². The van der Waals surface area contributed by atoms with E-state index < -0.39 is 29.1 Å². The molecular formula is C17H14F3N5OS. The van der Waals surface area contributed by atoms with Crippen molar-refractivity contribution in [3.8, 4) is 6.07 Å². The van der Waals surface area contributed by atoms with Gasteiger partial charge in [0.1, 0.15) is 22.4 Å². The maximum atomic E-state index is 12.9. The van der Waals surface area contributed by atoms with Crippen LogP contribution in [0, 0.1) is 11.3 Å². The number of nitrogens with two attached hydrogens (primary N) is 1. The summed E-state index contributed by atoms with van der Waals surface area (Å²) < 4.78 is 38.5. The normalized spacial score (nSPS) is 23.1. The topological polar surface area (TPSA) is 95.4 Å². The zero-order valence-corrected chi connectivity index (χ0v) is 15.1. The Balaban J connectivity index is 2.15. The van der Waals surface area contributed by atoms with Gasteiger partial charge in [0, 0.05) is 18.1 Å². The second-order valence-corrected chi connectivity index (χ2v) is 7.28. The van der Waals surface area contributed by atoms with Crippen molar-refractivity contribution >= 4 is 23.2 Å². The van der Waals surface area contributed by atoms with Crippen LogP contribution < -0.4 is 5.73 Å². The number of halogens is 3. The Morgan fingerprint density at radius 2 is 2.04 bits per heavy atom. The summed E-state index contributed by atoms with van der Waals surface area (Å²) in [4.78, 5) is 23.4. The lowest BCUT2D eigenvalue weighted by molar-refractivity contribution is -0.137. The van der Waals surface area contributed by atoms with Gasteiger partial charge in [-0.3, -0.25) is 14.7 Å². The summed E-state index contributed by atoms with van der Waals surface area (Å²) in [7, 11) is 1.44. The first-order chi connectivity index (χ1) is 12.6. The van der Waals surface area contributed by atoms with Crippen molar-refractivity contribution in [2.75, 3.05) is 7.05 Å². The van der Waals surface area contributed by atoms with Crippen LogP contribution in [-0.2, 0) is 16.5 Å². The minimum absolute atomic E-state index is 0.0161. The Labute approximate surface area is 156 Å². The number of rotatable bonds is 2. The van der Waals surface area contributed by atoms with E-state index in [0.717, 1.165) is 22.3 Å². The Kier molecular flexibility index (Phi) is 4.43. The highest BCUT2D eigenvalue weighted by Gasteiger charge is 2.49. The van der Waals surface area contributed by atoms with Crippen LogP contribution in [0.5, 0.6) is 0 Å². The molecule has 0 saturated carbocycles. The van der Waals surface area contributed by atoms with Crippen LogP contribution in [0.1, 0.15) is 33.9 Å². The molecule has 10 heteroatoms. The maximum Gasteiger partial charge on any atom is 0.417 e. The number of carbonyl (C=O) groups is 1. The number of nitrogens with zero attached hydrogens (tertiary/aromatic N) is 4. The van der Waals surface area contributed by atoms with Crippen LogP contribution in [0.4, 0.5) is 13.2 Å². The molecule has 0 fully saturated rings. The molecule has 3 heterocycles. The number of amides is 1. The number of alkyl halides is 3. The van der Waals surface area contributed by atoms with Crippen molar-refractivity contribution in [3.05, 3.63) is 51.5 Å². The fourth-order valence-electron chi connectivity index (χ4n) is 2.95. The van der Waals surface area contributed by atoms with Gasteiger partial charge in [-0.25, -0.2) is 4.99 Å². The molecule has 0 aromatic carbocycles. The molecule has 2 aromatic heterocycles. The summed E-state index contributed by atoms with van der Waals surface area (Å²) in [5.74, 6) is -1.44. The lowest BCUT2D eigenvalue weighted by Gasteiger charge is -2.39. The number of aromatic nitrogens is 1. The van der Waals surface area contributed by atoms with Gasteiger partial charge in [-0.2, -0.15) is 18.4 Å². The fourth-order valence-corrected chi connectivity index (χ4v) is 3.87. The molecule has 2 N–H and O–H groups in total. The predicted octanol–water partition coefficient (Wildman–Crippen LogP) is 2.82. The zero-order valence-electron chi connectivity index (χ0n) is 14.3. The monoisotopic (exact) mass is 393 g/mol. The molecule has 3 rings (SSSR count). The van der Waals surface area contributed by atoms with Crippen molar-refractivity contribution in [2.24, 2.45) is 10.7 Å². The van der Waals surface area contributed by atoms with Crippen LogP contribution in [0.3, 0.4) is 0 Å². The lowest BCUT2D eigenvalue weighted by Crippen LogP contribution is -2.52. The second-order valence-electron chi connectivity index (χ2n) is 6.19. The third kappa shape index (κ3) is 3.14. The Morgan fingerprint density at radius 3 is 2.56 bits per heavy atom. The quantitative estimate of drug-likeness (QED) is 0.849. The molecular weight excluding hydrogens is 379 g/mol. The molecule has 1 amide bonds. The van der Waals surface area contributed by atoms with E-state index in [1.807, 2.05) is 6.07 Å². The SMILES string of the molecule is CN1C(=O)[C@@H](c2ccc(C(F)(F)F)cn2)[C@@](C)(c2ccc(C#N)s2)N=C1N. The molecule has 27 heavy (non-hydrogen) atoms. The van der Waals surface area contributed by atoms with E-state index in [-0.39, 0.29) is 11.7 Å². The third-order valence-electron chi connectivity index (χ3n) is 4.45. The third-order valence-corrected chi connectivity index (χ3v) is 5.67. The molecule has 6 nitrogen and oxygen atoms in total. The minimum Gasteiger partial charge on any atom is -0.369 e. The average molecular weight is 393 g/mol. The standard InChI is InChI=1S/C17H14F3N5OS/c1-16(12-6-4-10(7-21)27-12)13(14(26)25(2)15(22)24-16)11-5-3-9(8-23-11)17(18,19)20/h3-6,8,13H,1-2H3,(H2,22,24)/t13-,16-/m1/s1. The summed E-state index contributed by atoms with van der Waals surface area (Å²) in [5.41, 5.74) is 3.91. The van der Waals surface area contributed by atoms with E-state index in [1.165, 1.54) is 13.1 Å². The maximum absolute atomic E-state index is 12.9. The summed E-state index contributed by atoms with van der Waals surface area (Å²) in [6.45, 7) is 1.65. The van der Waals surface area contributed by atoms with Gasteiger partial charge in [-0.15, -0.1) is 11.3 Å². The second kappa shape index (κ2) is 6.35. The van der Waals surface area contributed by atoms with Crippen molar-refractivity contribution in [1.82, 2.24) is 9.88 Å². The molecule has 2 atom stereocenters. The largest absolute Gasteiger partial charge is 0.417 e. The number of guanidine groups is 1. The van der Waals surface area contributed by atoms with Crippen molar-refractivity contribution in [3.63, 3.8) is 0 Å². The minimum atomic E-state index is -4.53. The van der Waals surface area contributed by atoms with Gasteiger partial charge in [0.15, 0.2) is 5.96 Å². The van der Waals surface area contributed by atoms with Crippen LogP contribution in [-0.4, -0.2) is 28.8 Å². The molecule has 0 saturated heterocycles. The molecule has 140 valence electrons. The lowest BCUT2D eigenvalue weighted by atomic mass is 9.80. The number of carbonyl (C=O) groups excluding carboxylic acids is 1. The van der Waals surface area contributed by atoms with Crippen molar-refractivity contribution in [1.29, 1.82) is 5.26 Å². The van der Waals surface area contributed by atoms with E-state index in [4.69, 9.17) is 11.0 Å². The van der Waals surface area contributed by atoms with Gasteiger partial charge < -0.3 is 5.73 Å². The summed E-state index contributed by atoms with van der Waals surface area (Å²) >= 11 is 1.15. The van der Waals surface area contributed by atoms with Gasteiger partial charge in [0.05, 0.1) is 11.3 Å². The molecule has 0 bridgehead atoms.